The predicted molar refractivity (Wildman–Crippen MR) is 114 cm³/mol. The average molecular weight is 471 g/mol. The molecule has 0 aliphatic rings. The van der Waals surface area contributed by atoms with Gasteiger partial charge in [0.1, 0.15) is 12.2 Å². The number of benzene rings is 2. The summed E-state index contributed by atoms with van der Waals surface area (Å²) in [5.41, 5.74) is 0.876. The number of hydrogen-bond donors (Lipinski definition) is 3. The van der Waals surface area contributed by atoms with Gasteiger partial charge in [-0.1, -0.05) is 17.7 Å². The highest BCUT2D eigenvalue weighted by atomic mass is 35.5. The lowest BCUT2D eigenvalue weighted by Crippen LogP contribution is -2.32. The van der Waals surface area contributed by atoms with Gasteiger partial charge in [-0.05, 0) is 36.8 Å². The van der Waals surface area contributed by atoms with Gasteiger partial charge in [0, 0.05) is 23.8 Å². The van der Waals surface area contributed by atoms with Crippen molar-refractivity contribution in [1.29, 1.82) is 0 Å². The summed E-state index contributed by atoms with van der Waals surface area (Å²) < 4.78 is 31.3. The standard InChI is InChI=1S/C18H19ClN4O7S/c1-11-3-4-12(19)7-15(11)22-17(24)10-30-18(25)9-21-31(28,29)13-5-6-14(20-2)16(8-13)23(26)27/h3-8,20-21H,9-10H2,1-2H3,(H,22,24). The van der Waals surface area contributed by atoms with Crippen LogP contribution in [0.25, 0.3) is 0 Å². The van der Waals surface area contributed by atoms with Crippen LogP contribution < -0.4 is 15.4 Å². The molecule has 0 heterocycles. The highest BCUT2D eigenvalue weighted by Gasteiger charge is 2.22. The predicted octanol–water partition coefficient (Wildman–Crippen LogP) is 2.06. The Morgan fingerprint density at radius 1 is 1.16 bits per heavy atom. The van der Waals surface area contributed by atoms with Crippen molar-refractivity contribution in [3.8, 4) is 0 Å². The number of sulfonamides is 1. The number of nitrogens with zero attached hydrogens (tertiary/aromatic N) is 1. The molecule has 3 N–H and O–H groups in total. The molecule has 0 saturated carbocycles. The normalized spacial score (nSPS) is 10.9. The number of hydrogen-bond acceptors (Lipinski definition) is 8. The Morgan fingerprint density at radius 2 is 1.87 bits per heavy atom. The zero-order valence-corrected chi connectivity index (χ0v) is 18.0. The minimum Gasteiger partial charge on any atom is -0.455 e. The number of aryl methyl sites for hydroxylation is 1. The highest BCUT2D eigenvalue weighted by molar-refractivity contribution is 7.89. The Hall–Kier alpha value is -3.22. The first-order valence-corrected chi connectivity index (χ1v) is 10.6. The van der Waals surface area contributed by atoms with Crippen molar-refractivity contribution in [2.24, 2.45) is 0 Å². The molecule has 1 amide bonds. The van der Waals surface area contributed by atoms with E-state index in [1.54, 1.807) is 19.1 Å². The second-order valence-electron chi connectivity index (χ2n) is 6.18. The molecule has 0 atom stereocenters. The number of halogens is 1. The average Bonchev–Trinajstić information content (AvgIpc) is 2.72. The van der Waals surface area contributed by atoms with Gasteiger partial charge in [0.2, 0.25) is 10.0 Å². The van der Waals surface area contributed by atoms with E-state index in [-0.39, 0.29) is 5.69 Å². The number of anilines is 2. The van der Waals surface area contributed by atoms with Gasteiger partial charge in [0.25, 0.3) is 11.6 Å². The summed E-state index contributed by atoms with van der Waals surface area (Å²) in [6.45, 7) is 0.336. The van der Waals surface area contributed by atoms with Crippen molar-refractivity contribution < 1.29 is 27.7 Å². The Morgan fingerprint density at radius 3 is 2.52 bits per heavy atom. The van der Waals surface area contributed by atoms with Crippen LogP contribution in [0.3, 0.4) is 0 Å². The summed E-state index contributed by atoms with van der Waals surface area (Å²) >= 11 is 5.86. The van der Waals surface area contributed by atoms with Gasteiger partial charge in [-0.2, -0.15) is 4.72 Å². The number of esters is 1. The third-order valence-corrected chi connectivity index (χ3v) is 5.62. The first kappa shape index (κ1) is 24.1. The zero-order chi connectivity index (χ0) is 23.2. The molecule has 2 aromatic rings. The molecule has 0 spiro atoms. The van der Waals surface area contributed by atoms with Gasteiger partial charge in [-0.3, -0.25) is 19.7 Å². The molecule has 13 heteroatoms. The van der Waals surface area contributed by atoms with Crippen LogP contribution in [0.5, 0.6) is 0 Å². The lowest BCUT2D eigenvalue weighted by molar-refractivity contribution is -0.384. The van der Waals surface area contributed by atoms with E-state index in [9.17, 15) is 28.1 Å². The van der Waals surface area contributed by atoms with E-state index >= 15 is 0 Å². The Balaban J connectivity index is 1.93. The minimum atomic E-state index is -4.23. The van der Waals surface area contributed by atoms with Gasteiger partial charge in [0.15, 0.2) is 6.61 Å². The van der Waals surface area contributed by atoms with Gasteiger partial charge in [-0.15, -0.1) is 0 Å². The van der Waals surface area contributed by atoms with Gasteiger partial charge in [-0.25, -0.2) is 8.42 Å². The molecule has 0 fully saturated rings. The van der Waals surface area contributed by atoms with E-state index in [0.29, 0.717) is 10.7 Å². The maximum Gasteiger partial charge on any atom is 0.321 e. The third-order valence-electron chi connectivity index (χ3n) is 3.99. The topological polar surface area (TPSA) is 157 Å². The van der Waals surface area contributed by atoms with Crippen molar-refractivity contribution in [2.45, 2.75) is 11.8 Å². The SMILES string of the molecule is CNc1ccc(S(=O)(=O)NCC(=O)OCC(=O)Nc2cc(Cl)ccc2C)cc1[N+](=O)[O-]. The number of nitro groups is 1. The number of nitrogens with one attached hydrogen (secondary N) is 3. The quantitative estimate of drug-likeness (QED) is 0.285. The second-order valence-corrected chi connectivity index (χ2v) is 8.38. The molecule has 31 heavy (non-hydrogen) atoms. The van der Waals surface area contributed by atoms with E-state index in [1.165, 1.54) is 19.2 Å². The van der Waals surface area contributed by atoms with E-state index in [1.807, 2.05) is 4.72 Å². The molecule has 0 aliphatic heterocycles. The zero-order valence-electron chi connectivity index (χ0n) is 16.5. The monoisotopic (exact) mass is 470 g/mol. The smallest absolute Gasteiger partial charge is 0.321 e. The van der Waals surface area contributed by atoms with E-state index < -0.39 is 50.6 Å². The Kier molecular flexibility index (Phi) is 7.91. The Labute approximate surface area is 182 Å². The number of carbonyl (C=O) groups is 2. The summed E-state index contributed by atoms with van der Waals surface area (Å²) in [4.78, 5) is 33.7. The lowest BCUT2D eigenvalue weighted by Gasteiger charge is -2.10. The van der Waals surface area contributed by atoms with Crippen molar-refractivity contribution >= 4 is 50.6 Å². The van der Waals surface area contributed by atoms with Crippen LogP contribution in [0.15, 0.2) is 41.3 Å². The molecule has 0 aromatic heterocycles. The van der Waals surface area contributed by atoms with E-state index in [0.717, 1.165) is 17.7 Å². The molecule has 0 aliphatic carbocycles. The molecular formula is C18H19ClN4O7S. The van der Waals surface area contributed by atoms with E-state index in [4.69, 9.17) is 16.3 Å². The van der Waals surface area contributed by atoms with Crippen LogP contribution in [-0.4, -0.2) is 45.4 Å². The number of rotatable bonds is 9. The third kappa shape index (κ3) is 6.64. The van der Waals surface area contributed by atoms with Gasteiger partial charge in [0.05, 0.1) is 9.82 Å². The number of ether oxygens (including phenoxy) is 1. The van der Waals surface area contributed by atoms with Crippen molar-refractivity contribution in [3.05, 3.63) is 57.1 Å². The van der Waals surface area contributed by atoms with Crippen molar-refractivity contribution in [3.63, 3.8) is 0 Å². The lowest BCUT2D eigenvalue weighted by atomic mass is 10.2. The second kappa shape index (κ2) is 10.2. The van der Waals surface area contributed by atoms with Crippen LogP contribution in [0.1, 0.15) is 5.56 Å². The van der Waals surface area contributed by atoms with Gasteiger partial charge < -0.3 is 15.4 Å². The minimum absolute atomic E-state index is 0.129. The van der Waals surface area contributed by atoms with Crippen LogP contribution in [0, 0.1) is 17.0 Å². The van der Waals surface area contributed by atoms with Crippen LogP contribution in [0.2, 0.25) is 5.02 Å². The maximum atomic E-state index is 12.3. The fraction of sp³-hybridized carbons (Fsp3) is 0.222. The summed E-state index contributed by atoms with van der Waals surface area (Å²) in [7, 11) is -2.78. The molecule has 0 unspecified atom stereocenters. The molecule has 0 bridgehead atoms. The summed E-state index contributed by atoms with van der Waals surface area (Å²) in [5, 5.41) is 16.6. The maximum absolute atomic E-state index is 12.3. The van der Waals surface area contributed by atoms with Crippen LogP contribution in [-0.2, 0) is 24.3 Å². The molecule has 11 nitrogen and oxygen atoms in total. The molecule has 166 valence electrons. The Bertz CT molecular complexity index is 1120. The number of carbonyl (C=O) groups excluding carboxylic acids is 2. The number of nitro benzene ring substituents is 1. The summed E-state index contributed by atoms with van der Waals surface area (Å²) in [6, 6.07) is 8.12. The number of amides is 1. The fourth-order valence-corrected chi connectivity index (χ4v) is 3.55. The van der Waals surface area contributed by atoms with Crippen molar-refractivity contribution in [2.75, 3.05) is 30.8 Å². The summed E-state index contributed by atoms with van der Waals surface area (Å²) in [6.07, 6.45) is 0. The highest BCUT2D eigenvalue weighted by Crippen LogP contribution is 2.27. The fourth-order valence-electron chi connectivity index (χ4n) is 2.39. The van der Waals surface area contributed by atoms with Crippen molar-refractivity contribution in [1.82, 2.24) is 4.72 Å². The van der Waals surface area contributed by atoms with Gasteiger partial charge >= 0.3 is 5.97 Å². The molecule has 2 aromatic carbocycles. The largest absolute Gasteiger partial charge is 0.455 e. The van der Waals surface area contributed by atoms with Crippen LogP contribution >= 0.6 is 11.6 Å². The summed E-state index contributed by atoms with van der Waals surface area (Å²) in [5.74, 6) is -1.65. The first-order chi connectivity index (χ1) is 14.5. The molecule has 2 rings (SSSR count). The molecular weight excluding hydrogens is 452 g/mol. The van der Waals surface area contributed by atoms with Crippen LogP contribution in [0.4, 0.5) is 17.1 Å². The first-order valence-electron chi connectivity index (χ1n) is 8.71. The molecule has 0 radical (unpaired) electrons. The molecule has 0 saturated heterocycles. The van der Waals surface area contributed by atoms with E-state index in [2.05, 4.69) is 10.6 Å².